The minimum atomic E-state index is 0.438. The maximum absolute atomic E-state index is 6.16. The van der Waals surface area contributed by atoms with E-state index in [0.717, 1.165) is 16.7 Å². The zero-order valence-electron chi connectivity index (χ0n) is 8.77. The van der Waals surface area contributed by atoms with E-state index in [1.807, 2.05) is 53.1 Å². The SMILES string of the molecule is Clc1ccc2nc(Cl)n(-c3ccccc3)c2c1. The molecule has 0 saturated heterocycles. The van der Waals surface area contributed by atoms with Crippen LogP contribution in [0.25, 0.3) is 16.7 Å². The number of halogens is 2. The topological polar surface area (TPSA) is 17.8 Å². The van der Waals surface area contributed by atoms with E-state index >= 15 is 0 Å². The van der Waals surface area contributed by atoms with Gasteiger partial charge in [-0.2, -0.15) is 0 Å². The van der Waals surface area contributed by atoms with Crippen LogP contribution in [0.15, 0.2) is 48.5 Å². The van der Waals surface area contributed by atoms with Crippen LogP contribution in [0.1, 0.15) is 0 Å². The van der Waals surface area contributed by atoms with Crippen LogP contribution in [-0.2, 0) is 0 Å². The molecule has 0 aliphatic carbocycles. The Labute approximate surface area is 108 Å². The van der Waals surface area contributed by atoms with Crippen molar-refractivity contribution in [3.8, 4) is 5.69 Å². The number of aromatic nitrogens is 2. The van der Waals surface area contributed by atoms with Gasteiger partial charge in [0.15, 0.2) is 0 Å². The highest BCUT2D eigenvalue weighted by Crippen LogP contribution is 2.26. The summed E-state index contributed by atoms with van der Waals surface area (Å²) in [6.07, 6.45) is 0. The van der Waals surface area contributed by atoms with E-state index in [-0.39, 0.29) is 0 Å². The second kappa shape index (κ2) is 4.06. The third-order valence-electron chi connectivity index (χ3n) is 2.59. The predicted octanol–water partition coefficient (Wildman–Crippen LogP) is 4.33. The third kappa shape index (κ3) is 1.79. The van der Waals surface area contributed by atoms with Crippen LogP contribution in [0.4, 0.5) is 0 Å². The van der Waals surface area contributed by atoms with Gasteiger partial charge in [0.1, 0.15) is 0 Å². The molecule has 17 heavy (non-hydrogen) atoms. The zero-order valence-corrected chi connectivity index (χ0v) is 10.3. The van der Waals surface area contributed by atoms with Crippen LogP contribution in [0, 0.1) is 0 Å². The first kappa shape index (κ1) is 10.6. The lowest BCUT2D eigenvalue weighted by Gasteiger charge is -2.05. The molecule has 0 saturated carbocycles. The summed E-state index contributed by atoms with van der Waals surface area (Å²) >= 11 is 12.2. The molecule has 0 unspecified atom stereocenters. The van der Waals surface area contributed by atoms with Crippen molar-refractivity contribution < 1.29 is 0 Å². The van der Waals surface area contributed by atoms with E-state index in [0.29, 0.717) is 10.3 Å². The monoisotopic (exact) mass is 262 g/mol. The Morgan fingerprint density at radius 2 is 1.71 bits per heavy atom. The highest BCUT2D eigenvalue weighted by atomic mass is 35.5. The largest absolute Gasteiger partial charge is 0.283 e. The van der Waals surface area contributed by atoms with Crippen molar-refractivity contribution in [2.45, 2.75) is 0 Å². The summed E-state index contributed by atoms with van der Waals surface area (Å²) < 4.78 is 1.88. The molecule has 0 amide bonds. The molecule has 0 atom stereocenters. The third-order valence-corrected chi connectivity index (χ3v) is 3.08. The van der Waals surface area contributed by atoms with E-state index in [2.05, 4.69) is 4.98 Å². The summed E-state index contributed by atoms with van der Waals surface area (Å²) in [7, 11) is 0. The second-order valence-electron chi connectivity index (χ2n) is 3.68. The predicted molar refractivity (Wildman–Crippen MR) is 71.1 cm³/mol. The van der Waals surface area contributed by atoms with Crippen molar-refractivity contribution in [3.63, 3.8) is 0 Å². The Morgan fingerprint density at radius 1 is 0.941 bits per heavy atom. The Kier molecular flexibility index (Phi) is 2.54. The Bertz CT molecular complexity index is 674. The van der Waals surface area contributed by atoms with Gasteiger partial charge in [-0.15, -0.1) is 0 Å². The maximum atomic E-state index is 6.16. The zero-order chi connectivity index (χ0) is 11.8. The quantitative estimate of drug-likeness (QED) is 0.638. The van der Waals surface area contributed by atoms with Crippen molar-refractivity contribution in [2.24, 2.45) is 0 Å². The highest BCUT2D eigenvalue weighted by molar-refractivity contribution is 6.32. The Balaban J connectivity index is 2.35. The summed E-state index contributed by atoms with van der Waals surface area (Å²) in [5, 5.41) is 1.11. The summed E-state index contributed by atoms with van der Waals surface area (Å²) in [4.78, 5) is 4.30. The summed E-state index contributed by atoms with van der Waals surface area (Å²) in [5.74, 6) is 0. The fraction of sp³-hybridized carbons (Fsp3) is 0. The van der Waals surface area contributed by atoms with Crippen LogP contribution in [0.2, 0.25) is 10.3 Å². The van der Waals surface area contributed by atoms with Gasteiger partial charge in [-0.05, 0) is 41.9 Å². The molecule has 2 aromatic carbocycles. The first-order chi connectivity index (χ1) is 8.25. The molecule has 0 aliphatic heterocycles. The number of imidazole rings is 1. The van der Waals surface area contributed by atoms with E-state index in [4.69, 9.17) is 23.2 Å². The van der Waals surface area contributed by atoms with Crippen LogP contribution in [-0.4, -0.2) is 9.55 Å². The summed E-state index contributed by atoms with van der Waals surface area (Å²) in [6.45, 7) is 0. The molecular formula is C13H8Cl2N2. The molecule has 0 aliphatic rings. The minimum absolute atomic E-state index is 0.438. The molecule has 4 heteroatoms. The first-order valence-corrected chi connectivity index (χ1v) is 5.90. The second-order valence-corrected chi connectivity index (χ2v) is 4.46. The van der Waals surface area contributed by atoms with Gasteiger partial charge in [0.2, 0.25) is 5.28 Å². The van der Waals surface area contributed by atoms with Crippen LogP contribution in [0.3, 0.4) is 0 Å². The highest BCUT2D eigenvalue weighted by Gasteiger charge is 2.10. The number of benzene rings is 2. The average Bonchev–Trinajstić information content (AvgIpc) is 2.65. The lowest BCUT2D eigenvalue weighted by molar-refractivity contribution is 1.09. The molecule has 1 aromatic heterocycles. The maximum Gasteiger partial charge on any atom is 0.208 e. The van der Waals surface area contributed by atoms with E-state index in [1.165, 1.54) is 0 Å². The minimum Gasteiger partial charge on any atom is -0.283 e. The number of rotatable bonds is 1. The van der Waals surface area contributed by atoms with E-state index in [9.17, 15) is 0 Å². The molecule has 0 bridgehead atoms. The van der Waals surface area contributed by atoms with Crippen molar-refractivity contribution in [1.29, 1.82) is 0 Å². The van der Waals surface area contributed by atoms with Crippen LogP contribution < -0.4 is 0 Å². The average molecular weight is 263 g/mol. The molecule has 2 nitrogen and oxygen atoms in total. The Hall–Kier alpha value is -1.51. The van der Waals surface area contributed by atoms with Crippen molar-refractivity contribution in [3.05, 3.63) is 58.8 Å². The number of para-hydroxylation sites is 1. The standard InChI is InChI=1S/C13H8Cl2N2/c14-9-6-7-11-12(8-9)17(13(15)16-11)10-4-2-1-3-5-10/h1-8H. The molecule has 0 N–H and O–H groups in total. The normalized spacial score (nSPS) is 10.9. The van der Waals surface area contributed by atoms with Gasteiger partial charge >= 0.3 is 0 Å². The summed E-state index contributed by atoms with van der Waals surface area (Å²) in [6, 6.07) is 15.4. The Morgan fingerprint density at radius 3 is 2.47 bits per heavy atom. The number of fused-ring (bicyclic) bond motifs is 1. The molecule has 3 rings (SSSR count). The van der Waals surface area contributed by atoms with Crippen LogP contribution >= 0.6 is 23.2 Å². The fourth-order valence-electron chi connectivity index (χ4n) is 1.84. The van der Waals surface area contributed by atoms with Gasteiger partial charge in [0.05, 0.1) is 11.0 Å². The first-order valence-electron chi connectivity index (χ1n) is 5.14. The lowest BCUT2D eigenvalue weighted by atomic mass is 10.3. The molecular weight excluding hydrogens is 255 g/mol. The van der Waals surface area contributed by atoms with E-state index in [1.54, 1.807) is 0 Å². The number of hydrogen-bond donors (Lipinski definition) is 0. The van der Waals surface area contributed by atoms with Crippen molar-refractivity contribution >= 4 is 34.2 Å². The van der Waals surface area contributed by atoms with Gasteiger partial charge < -0.3 is 0 Å². The number of nitrogens with zero attached hydrogens (tertiary/aromatic N) is 2. The van der Waals surface area contributed by atoms with Gasteiger partial charge in [-0.1, -0.05) is 29.8 Å². The molecule has 1 heterocycles. The van der Waals surface area contributed by atoms with Crippen molar-refractivity contribution in [1.82, 2.24) is 9.55 Å². The van der Waals surface area contributed by atoms with Gasteiger partial charge in [0.25, 0.3) is 0 Å². The molecule has 0 spiro atoms. The number of hydrogen-bond acceptors (Lipinski definition) is 1. The molecule has 0 radical (unpaired) electrons. The molecule has 3 aromatic rings. The smallest absolute Gasteiger partial charge is 0.208 e. The fourth-order valence-corrected chi connectivity index (χ4v) is 2.29. The van der Waals surface area contributed by atoms with Gasteiger partial charge in [0, 0.05) is 10.7 Å². The van der Waals surface area contributed by atoms with E-state index < -0.39 is 0 Å². The van der Waals surface area contributed by atoms with Gasteiger partial charge in [-0.25, -0.2) is 4.98 Å². The van der Waals surface area contributed by atoms with Crippen LogP contribution in [0.5, 0.6) is 0 Å². The van der Waals surface area contributed by atoms with Gasteiger partial charge in [-0.3, -0.25) is 4.57 Å². The lowest BCUT2D eigenvalue weighted by Crippen LogP contribution is -1.93. The molecule has 0 fully saturated rings. The molecule has 84 valence electrons. The summed E-state index contributed by atoms with van der Waals surface area (Å²) in [5.41, 5.74) is 2.72. The van der Waals surface area contributed by atoms with Crippen molar-refractivity contribution in [2.75, 3.05) is 0 Å².